The molecule has 164 valence electrons. The van der Waals surface area contributed by atoms with Gasteiger partial charge in [-0.3, -0.25) is 0 Å². The lowest BCUT2D eigenvalue weighted by molar-refractivity contribution is 0.324. The summed E-state index contributed by atoms with van der Waals surface area (Å²) in [6.45, 7) is 0. The summed E-state index contributed by atoms with van der Waals surface area (Å²) in [5, 5.41) is 13.7. The number of benzene rings is 3. The number of hydrogen-bond acceptors (Lipinski definition) is 7. The SMILES string of the molecule is COc1cc(-c2nn(-c3ccccc3)c3nnc(-c4ccccc4)nc23)cc(OC)c1OC. The van der Waals surface area contributed by atoms with Crippen LogP contribution < -0.4 is 14.2 Å². The Balaban J connectivity index is 1.79. The van der Waals surface area contributed by atoms with Crippen molar-refractivity contribution >= 4 is 11.2 Å². The third kappa shape index (κ3) is 3.61. The molecule has 0 amide bonds. The van der Waals surface area contributed by atoms with Gasteiger partial charge in [-0.05, 0) is 24.3 Å². The number of fused-ring (bicyclic) bond motifs is 1. The number of para-hydroxylation sites is 1. The summed E-state index contributed by atoms with van der Waals surface area (Å²) in [4.78, 5) is 4.85. The molecular formula is C25H21N5O3. The van der Waals surface area contributed by atoms with Crippen molar-refractivity contribution in [2.45, 2.75) is 0 Å². The third-order valence-electron chi connectivity index (χ3n) is 5.26. The molecule has 0 aliphatic rings. The molecule has 0 N–H and O–H groups in total. The normalized spacial score (nSPS) is 10.9. The Labute approximate surface area is 190 Å². The predicted octanol–water partition coefficient (Wildman–Crippen LogP) is 4.57. The largest absolute Gasteiger partial charge is 0.493 e. The fourth-order valence-corrected chi connectivity index (χ4v) is 3.69. The van der Waals surface area contributed by atoms with Crippen LogP contribution in [-0.2, 0) is 0 Å². The minimum Gasteiger partial charge on any atom is -0.493 e. The first-order chi connectivity index (χ1) is 16.2. The summed E-state index contributed by atoms with van der Waals surface area (Å²) in [7, 11) is 4.74. The lowest BCUT2D eigenvalue weighted by Crippen LogP contribution is -2.00. The smallest absolute Gasteiger partial charge is 0.204 e. The molecule has 2 heterocycles. The van der Waals surface area contributed by atoms with Crippen molar-refractivity contribution in [3.63, 3.8) is 0 Å². The highest BCUT2D eigenvalue weighted by Gasteiger charge is 2.22. The molecule has 0 saturated heterocycles. The maximum atomic E-state index is 5.55. The first-order valence-electron chi connectivity index (χ1n) is 10.3. The summed E-state index contributed by atoms with van der Waals surface area (Å²) in [6, 6.07) is 23.2. The van der Waals surface area contributed by atoms with Gasteiger partial charge >= 0.3 is 0 Å². The fourth-order valence-electron chi connectivity index (χ4n) is 3.69. The molecule has 8 nitrogen and oxygen atoms in total. The van der Waals surface area contributed by atoms with Crippen LogP contribution in [0.4, 0.5) is 0 Å². The number of nitrogens with zero attached hydrogens (tertiary/aromatic N) is 5. The fraction of sp³-hybridized carbons (Fsp3) is 0.120. The van der Waals surface area contributed by atoms with Crippen molar-refractivity contribution in [1.82, 2.24) is 25.0 Å². The second-order valence-corrected chi connectivity index (χ2v) is 7.18. The zero-order valence-electron chi connectivity index (χ0n) is 18.4. The molecule has 5 rings (SSSR count). The van der Waals surface area contributed by atoms with Gasteiger partial charge < -0.3 is 14.2 Å². The summed E-state index contributed by atoms with van der Waals surface area (Å²) < 4.78 is 18.3. The van der Waals surface area contributed by atoms with Crippen molar-refractivity contribution in [2.24, 2.45) is 0 Å². The van der Waals surface area contributed by atoms with Crippen LogP contribution in [-0.4, -0.2) is 46.3 Å². The van der Waals surface area contributed by atoms with E-state index in [4.69, 9.17) is 24.3 Å². The van der Waals surface area contributed by atoms with E-state index < -0.39 is 0 Å². The lowest BCUT2D eigenvalue weighted by Gasteiger charge is -2.13. The molecule has 5 aromatic rings. The van der Waals surface area contributed by atoms with E-state index in [0.717, 1.165) is 16.8 Å². The van der Waals surface area contributed by atoms with Crippen LogP contribution in [0, 0.1) is 0 Å². The predicted molar refractivity (Wildman–Crippen MR) is 125 cm³/mol. The zero-order chi connectivity index (χ0) is 22.8. The number of methoxy groups -OCH3 is 3. The average Bonchev–Trinajstić information content (AvgIpc) is 3.27. The van der Waals surface area contributed by atoms with Gasteiger partial charge in [-0.25, -0.2) is 9.67 Å². The van der Waals surface area contributed by atoms with Crippen LogP contribution in [0.25, 0.3) is 39.5 Å². The maximum absolute atomic E-state index is 5.55. The van der Waals surface area contributed by atoms with Crippen LogP contribution in [0.1, 0.15) is 0 Å². The van der Waals surface area contributed by atoms with Gasteiger partial charge in [-0.1, -0.05) is 48.5 Å². The highest BCUT2D eigenvalue weighted by atomic mass is 16.5. The van der Waals surface area contributed by atoms with E-state index in [-0.39, 0.29) is 0 Å². The van der Waals surface area contributed by atoms with Gasteiger partial charge in [0.25, 0.3) is 0 Å². The highest BCUT2D eigenvalue weighted by molar-refractivity contribution is 5.90. The molecule has 0 spiro atoms. The van der Waals surface area contributed by atoms with Crippen molar-refractivity contribution in [3.8, 4) is 45.6 Å². The zero-order valence-corrected chi connectivity index (χ0v) is 18.4. The third-order valence-corrected chi connectivity index (χ3v) is 5.26. The molecule has 33 heavy (non-hydrogen) atoms. The molecule has 0 aliphatic heterocycles. The molecule has 8 heteroatoms. The Hall–Kier alpha value is -4.46. The Morgan fingerprint density at radius 3 is 1.94 bits per heavy atom. The van der Waals surface area contributed by atoms with E-state index in [9.17, 15) is 0 Å². The Kier molecular flexibility index (Phi) is 5.32. The molecule has 0 bridgehead atoms. The minimum absolute atomic E-state index is 0.508. The Bertz CT molecular complexity index is 1390. The van der Waals surface area contributed by atoms with E-state index in [1.165, 1.54) is 0 Å². The molecule has 2 aromatic heterocycles. The summed E-state index contributed by atoms with van der Waals surface area (Å²) >= 11 is 0. The topological polar surface area (TPSA) is 84.2 Å². The molecule has 0 atom stereocenters. The average molecular weight is 439 g/mol. The first kappa shape index (κ1) is 20.4. The van der Waals surface area contributed by atoms with E-state index in [2.05, 4.69) is 10.2 Å². The van der Waals surface area contributed by atoms with E-state index in [1.54, 1.807) is 26.0 Å². The van der Waals surface area contributed by atoms with Crippen molar-refractivity contribution in [3.05, 3.63) is 72.8 Å². The molecule has 0 fully saturated rings. The van der Waals surface area contributed by atoms with Gasteiger partial charge in [0.15, 0.2) is 17.3 Å². The van der Waals surface area contributed by atoms with Crippen LogP contribution in [0.3, 0.4) is 0 Å². The highest BCUT2D eigenvalue weighted by Crippen LogP contribution is 2.42. The Morgan fingerprint density at radius 2 is 1.33 bits per heavy atom. The van der Waals surface area contributed by atoms with Crippen LogP contribution in [0.5, 0.6) is 17.2 Å². The van der Waals surface area contributed by atoms with E-state index in [1.807, 2.05) is 72.8 Å². The molecule has 3 aromatic carbocycles. The van der Waals surface area contributed by atoms with Gasteiger partial charge in [0, 0.05) is 11.1 Å². The first-order valence-corrected chi connectivity index (χ1v) is 10.3. The second kappa shape index (κ2) is 8.58. The van der Waals surface area contributed by atoms with Gasteiger partial charge in [-0.2, -0.15) is 5.10 Å². The quantitative estimate of drug-likeness (QED) is 0.383. The van der Waals surface area contributed by atoms with Gasteiger partial charge in [0.2, 0.25) is 11.4 Å². The number of aromatic nitrogens is 5. The number of rotatable bonds is 6. The molecule has 0 saturated carbocycles. The minimum atomic E-state index is 0.508. The second-order valence-electron chi connectivity index (χ2n) is 7.18. The van der Waals surface area contributed by atoms with Gasteiger partial charge in [-0.15, -0.1) is 10.2 Å². The maximum Gasteiger partial charge on any atom is 0.204 e. The van der Waals surface area contributed by atoms with Crippen LogP contribution >= 0.6 is 0 Å². The van der Waals surface area contributed by atoms with Crippen molar-refractivity contribution in [2.75, 3.05) is 21.3 Å². The standard InChI is InChI=1S/C25H21N5O3/c1-31-19-14-17(15-20(32-2)23(19)33-3)21-22-25(30(29-21)18-12-8-5-9-13-18)28-27-24(26-22)16-10-6-4-7-11-16/h4-15H,1-3H3. The van der Waals surface area contributed by atoms with Crippen molar-refractivity contribution in [1.29, 1.82) is 0 Å². The molecule has 0 aliphatic carbocycles. The van der Waals surface area contributed by atoms with E-state index >= 15 is 0 Å². The summed E-state index contributed by atoms with van der Waals surface area (Å²) in [5.74, 6) is 2.08. The van der Waals surface area contributed by atoms with Crippen LogP contribution in [0.15, 0.2) is 72.8 Å². The number of ether oxygens (including phenoxy) is 3. The van der Waals surface area contributed by atoms with Gasteiger partial charge in [0.1, 0.15) is 11.2 Å². The molecular weight excluding hydrogens is 418 g/mol. The summed E-state index contributed by atoms with van der Waals surface area (Å²) in [5.41, 5.74) is 4.26. The van der Waals surface area contributed by atoms with Gasteiger partial charge in [0.05, 0.1) is 27.0 Å². The lowest BCUT2D eigenvalue weighted by atomic mass is 10.1. The van der Waals surface area contributed by atoms with E-state index in [0.29, 0.717) is 39.9 Å². The monoisotopic (exact) mass is 439 g/mol. The van der Waals surface area contributed by atoms with Crippen LogP contribution in [0.2, 0.25) is 0 Å². The molecule has 0 unspecified atom stereocenters. The summed E-state index contributed by atoms with van der Waals surface area (Å²) in [6.07, 6.45) is 0. The Morgan fingerprint density at radius 1 is 0.697 bits per heavy atom. The molecule has 0 radical (unpaired) electrons. The van der Waals surface area contributed by atoms with Crippen molar-refractivity contribution < 1.29 is 14.2 Å². The number of hydrogen-bond donors (Lipinski definition) is 0.